The Hall–Kier alpha value is -1.98. The number of fused-ring (bicyclic) bond motifs is 1. The number of carbonyl (C=O) groups excluding carboxylic acids is 1. The van der Waals surface area contributed by atoms with E-state index in [2.05, 4.69) is 0 Å². The summed E-state index contributed by atoms with van der Waals surface area (Å²) in [4.78, 5) is 20.1. The van der Waals surface area contributed by atoms with Gasteiger partial charge in [0.2, 0.25) is 0 Å². The smallest absolute Gasteiger partial charge is 0.254 e. The van der Waals surface area contributed by atoms with Crippen LogP contribution in [0.1, 0.15) is 60.5 Å². The summed E-state index contributed by atoms with van der Waals surface area (Å²) in [5.41, 5.74) is 2.28. The Kier molecular flexibility index (Phi) is 4.17. The van der Waals surface area contributed by atoms with Gasteiger partial charge in [0.05, 0.1) is 22.8 Å². The standard InChI is InChI=1S/C22H26N2O3/c25-20-6-3-13-27-22(20)9-11-24(12-10-22)21(26)17-14-19(15-7-8-15)23-18-5-2-1-4-16(17)18/h1-2,4-5,14-15,20,25H,3,6-13H2. The molecule has 1 atom stereocenters. The van der Waals surface area contributed by atoms with Crippen molar-refractivity contribution in [3.8, 4) is 0 Å². The Bertz CT molecular complexity index is 869. The van der Waals surface area contributed by atoms with Crippen molar-refractivity contribution in [1.29, 1.82) is 0 Å². The molecular formula is C22H26N2O3. The SMILES string of the molecule is O=C(c1cc(C2CC2)nc2ccccc12)N1CCC2(CC1)OCCCC2O. The second-order valence-corrected chi connectivity index (χ2v) is 8.25. The van der Waals surface area contributed by atoms with Gasteiger partial charge in [0.15, 0.2) is 0 Å². The van der Waals surface area contributed by atoms with Crippen LogP contribution in [0.3, 0.4) is 0 Å². The zero-order chi connectivity index (χ0) is 18.4. The molecule has 1 aromatic carbocycles. The van der Waals surface area contributed by atoms with Gasteiger partial charge in [-0.3, -0.25) is 9.78 Å². The molecule has 142 valence electrons. The van der Waals surface area contributed by atoms with Crippen LogP contribution in [0.2, 0.25) is 0 Å². The molecule has 5 nitrogen and oxygen atoms in total. The second-order valence-electron chi connectivity index (χ2n) is 8.25. The first-order valence-corrected chi connectivity index (χ1v) is 10.2. The van der Waals surface area contributed by atoms with E-state index in [1.54, 1.807) is 0 Å². The van der Waals surface area contributed by atoms with Crippen molar-refractivity contribution in [3.05, 3.63) is 41.6 Å². The predicted molar refractivity (Wildman–Crippen MR) is 103 cm³/mol. The van der Waals surface area contributed by atoms with Crippen LogP contribution in [0, 0.1) is 0 Å². The molecule has 1 aliphatic carbocycles. The van der Waals surface area contributed by atoms with Crippen molar-refractivity contribution in [2.75, 3.05) is 19.7 Å². The molecule has 3 heterocycles. The topological polar surface area (TPSA) is 62.7 Å². The number of likely N-dealkylation sites (tertiary alicyclic amines) is 1. The molecule has 1 spiro atoms. The second kappa shape index (κ2) is 6.57. The Morgan fingerprint density at radius 1 is 1.19 bits per heavy atom. The summed E-state index contributed by atoms with van der Waals surface area (Å²) in [7, 11) is 0. The van der Waals surface area contributed by atoms with E-state index in [-0.39, 0.29) is 5.91 Å². The molecule has 3 fully saturated rings. The highest BCUT2D eigenvalue weighted by Crippen LogP contribution is 2.41. The van der Waals surface area contributed by atoms with E-state index in [9.17, 15) is 9.90 Å². The summed E-state index contributed by atoms with van der Waals surface area (Å²) in [6, 6.07) is 9.95. The van der Waals surface area contributed by atoms with Crippen molar-refractivity contribution in [3.63, 3.8) is 0 Å². The number of para-hydroxylation sites is 1. The summed E-state index contributed by atoms with van der Waals surface area (Å²) in [5, 5.41) is 11.4. The van der Waals surface area contributed by atoms with Gasteiger partial charge in [-0.2, -0.15) is 0 Å². The van der Waals surface area contributed by atoms with E-state index in [1.165, 1.54) is 12.8 Å². The minimum Gasteiger partial charge on any atom is -0.390 e. The maximum atomic E-state index is 13.4. The average Bonchev–Trinajstić information content (AvgIpc) is 3.55. The molecule has 5 rings (SSSR count). The number of rotatable bonds is 2. The van der Waals surface area contributed by atoms with Gasteiger partial charge in [-0.05, 0) is 50.7 Å². The molecule has 27 heavy (non-hydrogen) atoms. The van der Waals surface area contributed by atoms with Crippen LogP contribution in [-0.4, -0.2) is 52.3 Å². The lowest BCUT2D eigenvalue weighted by molar-refractivity contribution is -0.174. The first kappa shape index (κ1) is 17.1. The van der Waals surface area contributed by atoms with Crippen LogP contribution in [0.5, 0.6) is 0 Å². The van der Waals surface area contributed by atoms with Gasteiger partial charge in [-0.1, -0.05) is 18.2 Å². The van der Waals surface area contributed by atoms with E-state index < -0.39 is 11.7 Å². The molecule has 1 unspecified atom stereocenters. The largest absolute Gasteiger partial charge is 0.390 e. The fraction of sp³-hybridized carbons (Fsp3) is 0.545. The minimum absolute atomic E-state index is 0.0793. The highest BCUT2D eigenvalue weighted by atomic mass is 16.5. The Labute approximate surface area is 159 Å². The molecule has 0 radical (unpaired) electrons. The van der Waals surface area contributed by atoms with Gasteiger partial charge < -0.3 is 14.7 Å². The van der Waals surface area contributed by atoms with Crippen LogP contribution in [0.25, 0.3) is 10.9 Å². The molecule has 2 saturated heterocycles. The van der Waals surface area contributed by atoms with Crippen molar-refractivity contribution in [2.24, 2.45) is 0 Å². The lowest BCUT2D eigenvalue weighted by Crippen LogP contribution is -2.56. The van der Waals surface area contributed by atoms with Gasteiger partial charge in [0.1, 0.15) is 0 Å². The number of aromatic nitrogens is 1. The number of benzene rings is 1. The summed E-state index contributed by atoms with van der Waals surface area (Å²) in [6.07, 6.45) is 5.05. The first-order chi connectivity index (χ1) is 13.2. The van der Waals surface area contributed by atoms with Crippen LogP contribution < -0.4 is 0 Å². The third-order valence-corrected chi connectivity index (χ3v) is 6.48. The maximum Gasteiger partial charge on any atom is 0.254 e. The highest BCUT2D eigenvalue weighted by molar-refractivity contribution is 6.06. The normalized spacial score (nSPS) is 25.1. The van der Waals surface area contributed by atoms with Gasteiger partial charge in [0, 0.05) is 36.7 Å². The Balaban J connectivity index is 1.41. The highest BCUT2D eigenvalue weighted by Gasteiger charge is 2.44. The molecule has 2 aliphatic heterocycles. The monoisotopic (exact) mass is 366 g/mol. The number of aliphatic hydroxyl groups excluding tert-OH is 1. The number of carbonyl (C=O) groups is 1. The lowest BCUT2D eigenvalue weighted by Gasteiger charge is -2.46. The van der Waals surface area contributed by atoms with Crippen molar-refractivity contribution in [1.82, 2.24) is 9.88 Å². The molecule has 1 amide bonds. The van der Waals surface area contributed by atoms with Crippen molar-refractivity contribution < 1.29 is 14.6 Å². The number of amides is 1. The molecule has 5 heteroatoms. The Morgan fingerprint density at radius 2 is 1.96 bits per heavy atom. The molecule has 2 aromatic rings. The number of pyridine rings is 1. The van der Waals surface area contributed by atoms with Crippen LogP contribution in [0.4, 0.5) is 0 Å². The van der Waals surface area contributed by atoms with Crippen LogP contribution in [0.15, 0.2) is 30.3 Å². The summed E-state index contributed by atoms with van der Waals surface area (Å²) in [5.74, 6) is 0.590. The maximum absolute atomic E-state index is 13.4. The lowest BCUT2D eigenvalue weighted by atomic mass is 9.82. The number of aliphatic hydroxyl groups is 1. The van der Waals surface area contributed by atoms with E-state index >= 15 is 0 Å². The fourth-order valence-corrected chi connectivity index (χ4v) is 4.61. The minimum atomic E-state index is -0.450. The van der Waals surface area contributed by atoms with Gasteiger partial charge in [-0.25, -0.2) is 0 Å². The third kappa shape index (κ3) is 3.03. The first-order valence-electron chi connectivity index (χ1n) is 10.2. The number of nitrogens with zero attached hydrogens (tertiary/aromatic N) is 2. The predicted octanol–water partition coefficient (Wildman–Crippen LogP) is 3.26. The molecular weight excluding hydrogens is 340 g/mol. The van der Waals surface area contributed by atoms with Gasteiger partial charge in [0.25, 0.3) is 5.91 Å². The van der Waals surface area contributed by atoms with Crippen molar-refractivity contribution >= 4 is 16.8 Å². The summed E-state index contributed by atoms with van der Waals surface area (Å²) >= 11 is 0. The molecule has 1 saturated carbocycles. The number of piperidine rings is 1. The molecule has 0 bridgehead atoms. The number of ether oxygens (including phenoxy) is 1. The zero-order valence-electron chi connectivity index (χ0n) is 15.6. The van der Waals surface area contributed by atoms with E-state index in [0.29, 0.717) is 38.5 Å². The van der Waals surface area contributed by atoms with E-state index in [1.807, 2.05) is 35.2 Å². The molecule has 1 N–H and O–H groups in total. The number of hydrogen-bond acceptors (Lipinski definition) is 4. The summed E-state index contributed by atoms with van der Waals surface area (Å²) in [6.45, 7) is 1.97. The van der Waals surface area contributed by atoms with E-state index in [4.69, 9.17) is 9.72 Å². The molecule has 3 aliphatic rings. The van der Waals surface area contributed by atoms with Crippen molar-refractivity contribution in [2.45, 2.75) is 56.1 Å². The quantitative estimate of drug-likeness (QED) is 0.886. The van der Waals surface area contributed by atoms with Gasteiger partial charge in [-0.15, -0.1) is 0 Å². The van der Waals surface area contributed by atoms with E-state index in [0.717, 1.165) is 35.0 Å². The van der Waals surface area contributed by atoms with Gasteiger partial charge >= 0.3 is 0 Å². The molecule has 1 aromatic heterocycles. The van der Waals surface area contributed by atoms with Crippen LogP contribution in [-0.2, 0) is 4.74 Å². The fourth-order valence-electron chi connectivity index (χ4n) is 4.61. The third-order valence-electron chi connectivity index (χ3n) is 6.48. The average molecular weight is 366 g/mol. The van der Waals surface area contributed by atoms with Crippen LogP contribution >= 0.6 is 0 Å². The zero-order valence-corrected chi connectivity index (χ0v) is 15.6. The Morgan fingerprint density at radius 3 is 2.70 bits per heavy atom. The summed E-state index contributed by atoms with van der Waals surface area (Å²) < 4.78 is 5.98. The number of hydrogen-bond donors (Lipinski definition) is 1.